The Bertz CT molecular complexity index is 309. The van der Waals surface area contributed by atoms with Crippen LogP contribution < -0.4 is 5.32 Å². The van der Waals surface area contributed by atoms with E-state index < -0.39 is 0 Å². The molecule has 0 bridgehead atoms. The highest BCUT2D eigenvalue weighted by molar-refractivity contribution is 5.79. The van der Waals surface area contributed by atoms with E-state index >= 15 is 0 Å². The Kier molecular flexibility index (Phi) is 4.98. The van der Waals surface area contributed by atoms with Crippen LogP contribution in [0, 0.1) is 0 Å². The van der Waals surface area contributed by atoms with E-state index in [2.05, 4.69) is 10.4 Å². The number of nitrogens with one attached hydrogen (secondary N) is 1. The molecular weight excluding hydrogens is 206 g/mol. The van der Waals surface area contributed by atoms with Gasteiger partial charge in [-0.3, -0.25) is 9.48 Å². The SMILES string of the molecule is CC(O)CCCNC(=O)C(C)n1cccn1. The molecule has 5 heteroatoms. The van der Waals surface area contributed by atoms with Gasteiger partial charge in [0.05, 0.1) is 6.10 Å². The van der Waals surface area contributed by atoms with Crippen molar-refractivity contribution < 1.29 is 9.90 Å². The fourth-order valence-corrected chi connectivity index (χ4v) is 1.39. The summed E-state index contributed by atoms with van der Waals surface area (Å²) in [6.07, 6.45) is 4.60. The van der Waals surface area contributed by atoms with Crippen molar-refractivity contribution in [2.45, 2.75) is 38.8 Å². The zero-order valence-electron chi connectivity index (χ0n) is 9.76. The molecule has 0 fully saturated rings. The average Bonchev–Trinajstić information content (AvgIpc) is 2.76. The smallest absolute Gasteiger partial charge is 0.244 e. The van der Waals surface area contributed by atoms with E-state index in [9.17, 15) is 4.79 Å². The summed E-state index contributed by atoms with van der Waals surface area (Å²) in [6.45, 7) is 4.14. The van der Waals surface area contributed by atoms with Crippen LogP contribution in [0.1, 0.15) is 32.7 Å². The number of rotatable bonds is 6. The number of aromatic nitrogens is 2. The highest BCUT2D eigenvalue weighted by Crippen LogP contribution is 2.03. The van der Waals surface area contributed by atoms with Gasteiger partial charge in [0, 0.05) is 18.9 Å². The molecule has 90 valence electrons. The zero-order chi connectivity index (χ0) is 12.0. The molecule has 0 aliphatic carbocycles. The Balaban J connectivity index is 2.25. The van der Waals surface area contributed by atoms with Gasteiger partial charge in [0.1, 0.15) is 6.04 Å². The molecule has 16 heavy (non-hydrogen) atoms. The Labute approximate surface area is 95.5 Å². The van der Waals surface area contributed by atoms with Crippen LogP contribution in [0.3, 0.4) is 0 Å². The molecule has 0 spiro atoms. The van der Waals surface area contributed by atoms with E-state index in [-0.39, 0.29) is 18.1 Å². The molecule has 0 aromatic carbocycles. The summed E-state index contributed by atoms with van der Waals surface area (Å²) < 4.78 is 1.62. The van der Waals surface area contributed by atoms with Crippen LogP contribution in [0.4, 0.5) is 0 Å². The topological polar surface area (TPSA) is 67.2 Å². The first-order valence-corrected chi connectivity index (χ1v) is 5.56. The van der Waals surface area contributed by atoms with Crippen molar-refractivity contribution >= 4 is 5.91 Å². The molecule has 0 aliphatic rings. The summed E-state index contributed by atoms with van der Waals surface area (Å²) in [6, 6.07) is 1.50. The molecule has 0 saturated carbocycles. The van der Waals surface area contributed by atoms with Crippen molar-refractivity contribution in [3.05, 3.63) is 18.5 Å². The highest BCUT2D eigenvalue weighted by Gasteiger charge is 2.13. The van der Waals surface area contributed by atoms with Gasteiger partial charge in [0.2, 0.25) is 5.91 Å². The van der Waals surface area contributed by atoms with E-state index in [0.717, 1.165) is 6.42 Å². The Morgan fingerprint density at radius 1 is 1.56 bits per heavy atom. The molecule has 2 N–H and O–H groups in total. The van der Waals surface area contributed by atoms with E-state index in [0.29, 0.717) is 13.0 Å². The maximum Gasteiger partial charge on any atom is 0.244 e. The lowest BCUT2D eigenvalue weighted by molar-refractivity contribution is -0.124. The number of carbonyl (C=O) groups is 1. The van der Waals surface area contributed by atoms with Crippen molar-refractivity contribution in [3.8, 4) is 0 Å². The molecule has 1 rings (SSSR count). The predicted molar refractivity (Wildman–Crippen MR) is 60.9 cm³/mol. The number of hydrogen-bond acceptors (Lipinski definition) is 3. The lowest BCUT2D eigenvalue weighted by Crippen LogP contribution is -2.32. The fourth-order valence-electron chi connectivity index (χ4n) is 1.39. The second-order valence-corrected chi connectivity index (χ2v) is 3.94. The van der Waals surface area contributed by atoms with Crippen molar-refractivity contribution in [2.24, 2.45) is 0 Å². The third-order valence-corrected chi connectivity index (χ3v) is 2.40. The zero-order valence-corrected chi connectivity index (χ0v) is 9.76. The molecular formula is C11H19N3O2. The molecule has 0 aliphatic heterocycles. The van der Waals surface area contributed by atoms with Gasteiger partial charge in [-0.05, 0) is 32.8 Å². The van der Waals surface area contributed by atoms with Gasteiger partial charge in [-0.25, -0.2) is 0 Å². The largest absolute Gasteiger partial charge is 0.393 e. The molecule has 1 aromatic rings. The van der Waals surface area contributed by atoms with Gasteiger partial charge in [0.25, 0.3) is 0 Å². The number of amides is 1. The average molecular weight is 225 g/mol. The number of hydrogen-bond donors (Lipinski definition) is 2. The Morgan fingerprint density at radius 3 is 2.88 bits per heavy atom. The van der Waals surface area contributed by atoms with Crippen LogP contribution in [0.25, 0.3) is 0 Å². The third kappa shape index (κ3) is 4.02. The van der Waals surface area contributed by atoms with Crippen LogP contribution in [-0.4, -0.2) is 33.4 Å². The summed E-state index contributed by atoms with van der Waals surface area (Å²) in [7, 11) is 0. The van der Waals surface area contributed by atoms with Gasteiger partial charge >= 0.3 is 0 Å². The monoisotopic (exact) mass is 225 g/mol. The first-order valence-electron chi connectivity index (χ1n) is 5.56. The minimum absolute atomic E-state index is 0.0470. The molecule has 1 heterocycles. The van der Waals surface area contributed by atoms with Crippen molar-refractivity contribution in [1.82, 2.24) is 15.1 Å². The first-order chi connectivity index (χ1) is 7.61. The second kappa shape index (κ2) is 6.27. The summed E-state index contributed by atoms with van der Waals surface area (Å²) in [5, 5.41) is 15.9. The van der Waals surface area contributed by atoms with Gasteiger partial charge in [-0.1, -0.05) is 0 Å². The van der Waals surface area contributed by atoms with Crippen molar-refractivity contribution in [2.75, 3.05) is 6.54 Å². The summed E-state index contributed by atoms with van der Waals surface area (Å²) in [4.78, 5) is 11.7. The number of aliphatic hydroxyl groups excluding tert-OH is 1. The van der Waals surface area contributed by atoms with Crippen LogP contribution in [-0.2, 0) is 4.79 Å². The van der Waals surface area contributed by atoms with Gasteiger partial charge < -0.3 is 10.4 Å². The molecule has 1 aromatic heterocycles. The van der Waals surface area contributed by atoms with E-state index in [1.54, 1.807) is 37.0 Å². The molecule has 2 atom stereocenters. The quantitative estimate of drug-likeness (QED) is 0.701. The maximum atomic E-state index is 11.7. The third-order valence-electron chi connectivity index (χ3n) is 2.40. The van der Waals surface area contributed by atoms with Crippen molar-refractivity contribution in [1.29, 1.82) is 0 Å². The van der Waals surface area contributed by atoms with Crippen LogP contribution in [0.5, 0.6) is 0 Å². The summed E-state index contributed by atoms with van der Waals surface area (Å²) in [5.74, 6) is -0.0470. The Morgan fingerprint density at radius 2 is 2.31 bits per heavy atom. The van der Waals surface area contributed by atoms with E-state index in [4.69, 9.17) is 5.11 Å². The molecule has 0 saturated heterocycles. The summed E-state index contributed by atoms with van der Waals surface area (Å²) in [5.41, 5.74) is 0. The van der Waals surface area contributed by atoms with Crippen LogP contribution in [0.2, 0.25) is 0 Å². The minimum Gasteiger partial charge on any atom is -0.393 e. The predicted octanol–water partition coefficient (Wildman–Crippen LogP) is 0.721. The molecule has 0 radical (unpaired) electrons. The molecule has 2 unspecified atom stereocenters. The fraction of sp³-hybridized carbons (Fsp3) is 0.636. The van der Waals surface area contributed by atoms with E-state index in [1.807, 2.05) is 0 Å². The number of nitrogens with zero attached hydrogens (tertiary/aromatic N) is 2. The number of carbonyl (C=O) groups excluding carboxylic acids is 1. The summed E-state index contributed by atoms with van der Waals surface area (Å²) >= 11 is 0. The minimum atomic E-state index is -0.305. The van der Waals surface area contributed by atoms with Gasteiger partial charge in [-0.15, -0.1) is 0 Å². The molecule has 1 amide bonds. The van der Waals surface area contributed by atoms with Gasteiger partial charge in [-0.2, -0.15) is 5.10 Å². The van der Waals surface area contributed by atoms with Crippen LogP contribution >= 0.6 is 0 Å². The maximum absolute atomic E-state index is 11.7. The standard InChI is InChI=1S/C11H19N3O2/c1-9(15)5-3-6-12-11(16)10(2)14-8-4-7-13-14/h4,7-10,15H,3,5-6H2,1-2H3,(H,12,16). The van der Waals surface area contributed by atoms with E-state index in [1.165, 1.54) is 0 Å². The van der Waals surface area contributed by atoms with Crippen molar-refractivity contribution in [3.63, 3.8) is 0 Å². The Hall–Kier alpha value is -1.36. The number of aliphatic hydroxyl groups is 1. The highest BCUT2D eigenvalue weighted by atomic mass is 16.3. The second-order valence-electron chi connectivity index (χ2n) is 3.94. The van der Waals surface area contributed by atoms with Gasteiger partial charge in [0.15, 0.2) is 0 Å². The normalized spacial score (nSPS) is 14.4. The lowest BCUT2D eigenvalue weighted by Gasteiger charge is -2.12. The first kappa shape index (κ1) is 12.7. The lowest BCUT2D eigenvalue weighted by atomic mass is 10.2. The van der Waals surface area contributed by atoms with Crippen LogP contribution in [0.15, 0.2) is 18.5 Å². The molecule has 5 nitrogen and oxygen atoms in total.